The maximum atomic E-state index is 12.4. The molecule has 6 heteroatoms. The fraction of sp³-hybridized carbons (Fsp3) is 0.500. The molecule has 1 aliphatic rings. The van der Waals surface area contributed by atoms with Crippen LogP contribution in [0.3, 0.4) is 0 Å². The number of rotatable bonds is 2. The summed E-state index contributed by atoms with van der Waals surface area (Å²) < 4.78 is 27.2. The molecule has 0 saturated carbocycles. The fourth-order valence-electron chi connectivity index (χ4n) is 2.04. The van der Waals surface area contributed by atoms with E-state index < -0.39 is 10.0 Å². The smallest absolute Gasteiger partial charge is 0.243 e. The first-order valence-corrected chi connectivity index (χ1v) is 8.16. The van der Waals surface area contributed by atoms with Gasteiger partial charge in [0.15, 0.2) is 0 Å². The third-order valence-electron chi connectivity index (χ3n) is 3.43. The number of sulfonamides is 1. The van der Waals surface area contributed by atoms with Crippen LogP contribution in [0.2, 0.25) is 0 Å². The number of hydrogen-bond donors (Lipinski definition) is 1. The average Bonchev–Trinajstić information content (AvgIpc) is 2.33. The molecule has 2 N–H and O–H groups in total. The number of benzene rings is 1. The van der Waals surface area contributed by atoms with Crippen molar-refractivity contribution in [3.8, 4) is 0 Å². The van der Waals surface area contributed by atoms with Crippen molar-refractivity contribution >= 4 is 26.0 Å². The number of nitrogens with two attached hydrogens (primary N) is 1. The van der Waals surface area contributed by atoms with Crippen LogP contribution in [0.1, 0.15) is 13.3 Å². The first kappa shape index (κ1) is 14.0. The molecule has 1 heterocycles. The maximum absolute atomic E-state index is 12.4. The minimum atomic E-state index is -3.40. The van der Waals surface area contributed by atoms with Gasteiger partial charge in [0.2, 0.25) is 10.0 Å². The Balaban J connectivity index is 2.24. The zero-order valence-electron chi connectivity index (χ0n) is 10.2. The summed E-state index contributed by atoms with van der Waals surface area (Å²) in [5, 5.41) is 0. The molecule has 2 atom stereocenters. The lowest BCUT2D eigenvalue weighted by atomic mass is 9.96. The fourth-order valence-corrected chi connectivity index (χ4v) is 3.80. The summed E-state index contributed by atoms with van der Waals surface area (Å²) >= 11 is 3.30. The Morgan fingerprint density at radius 2 is 1.94 bits per heavy atom. The summed E-state index contributed by atoms with van der Waals surface area (Å²) in [6.07, 6.45) is 0.816. The molecule has 0 amide bonds. The largest absolute Gasteiger partial charge is 0.326 e. The van der Waals surface area contributed by atoms with E-state index in [1.165, 1.54) is 4.31 Å². The molecule has 1 aliphatic heterocycles. The van der Waals surface area contributed by atoms with Gasteiger partial charge in [-0.25, -0.2) is 8.42 Å². The van der Waals surface area contributed by atoms with Gasteiger partial charge in [0, 0.05) is 23.6 Å². The molecule has 2 unspecified atom stereocenters. The van der Waals surface area contributed by atoms with Crippen molar-refractivity contribution in [1.82, 2.24) is 4.31 Å². The Morgan fingerprint density at radius 1 is 1.33 bits per heavy atom. The molecular weight excluding hydrogens is 316 g/mol. The highest BCUT2D eigenvalue weighted by atomic mass is 79.9. The zero-order chi connectivity index (χ0) is 13.3. The van der Waals surface area contributed by atoms with Crippen molar-refractivity contribution in [3.05, 3.63) is 28.7 Å². The molecule has 1 aromatic carbocycles. The van der Waals surface area contributed by atoms with Crippen LogP contribution in [0.5, 0.6) is 0 Å². The van der Waals surface area contributed by atoms with Gasteiger partial charge in [0.05, 0.1) is 4.90 Å². The summed E-state index contributed by atoms with van der Waals surface area (Å²) in [6.45, 7) is 3.01. The third kappa shape index (κ3) is 2.77. The lowest BCUT2D eigenvalue weighted by molar-refractivity contribution is 0.253. The van der Waals surface area contributed by atoms with Crippen molar-refractivity contribution in [2.24, 2.45) is 11.7 Å². The van der Waals surface area contributed by atoms with Crippen molar-refractivity contribution in [1.29, 1.82) is 0 Å². The quantitative estimate of drug-likeness (QED) is 0.898. The predicted octanol–water partition coefficient (Wildman–Crippen LogP) is 1.81. The molecule has 4 nitrogen and oxygen atoms in total. The highest BCUT2D eigenvalue weighted by Crippen LogP contribution is 2.23. The number of nitrogens with zero attached hydrogens (tertiary/aromatic N) is 1. The Kier molecular flexibility index (Phi) is 4.11. The van der Waals surface area contributed by atoms with Crippen LogP contribution in [-0.2, 0) is 10.0 Å². The Morgan fingerprint density at radius 3 is 2.50 bits per heavy atom. The molecule has 18 heavy (non-hydrogen) atoms. The van der Waals surface area contributed by atoms with Crippen LogP contribution in [0.4, 0.5) is 0 Å². The summed E-state index contributed by atoms with van der Waals surface area (Å²) in [6, 6.07) is 6.62. The van der Waals surface area contributed by atoms with Crippen molar-refractivity contribution in [3.63, 3.8) is 0 Å². The van der Waals surface area contributed by atoms with E-state index in [1.807, 2.05) is 0 Å². The normalized spacial score (nSPS) is 26.2. The summed E-state index contributed by atoms with van der Waals surface area (Å²) in [5.74, 6) is 0.376. The van der Waals surface area contributed by atoms with Crippen molar-refractivity contribution in [2.45, 2.75) is 24.3 Å². The molecule has 0 aromatic heterocycles. The first-order chi connectivity index (χ1) is 8.41. The van der Waals surface area contributed by atoms with Gasteiger partial charge in [-0.15, -0.1) is 0 Å². The minimum absolute atomic E-state index is 0.0797. The van der Waals surface area contributed by atoms with Gasteiger partial charge in [-0.3, -0.25) is 0 Å². The zero-order valence-corrected chi connectivity index (χ0v) is 12.6. The maximum Gasteiger partial charge on any atom is 0.243 e. The predicted molar refractivity (Wildman–Crippen MR) is 74.7 cm³/mol. The molecule has 1 fully saturated rings. The third-order valence-corrected chi connectivity index (χ3v) is 5.84. The molecule has 0 radical (unpaired) electrons. The van der Waals surface area contributed by atoms with E-state index in [2.05, 4.69) is 22.9 Å². The summed E-state index contributed by atoms with van der Waals surface area (Å²) in [4.78, 5) is 0.326. The standard InChI is InChI=1S/C12H17BrN2O2S/c1-9-6-7-15(8-12(9)14)18(16,17)11-4-2-10(13)3-5-11/h2-5,9,12H,6-8,14H2,1H3. The molecule has 1 saturated heterocycles. The second kappa shape index (κ2) is 5.28. The Hall–Kier alpha value is -0.430. The van der Waals surface area contributed by atoms with E-state index >= 15 is 0 Å². The molecule has 100 valence electrons. The van der Waals surface area contributed by atoms with Crippen LogP contribution >= 0.6 is 15.9 Å². The van der Waals surface area contributed by atoms with E-state index in [4.69, 9.17) is 5.73 Å². The van der Waals surface area contributed by atoms with Crippen LogP contribution in [-0.4, -0.2) is 31.9 Å². The van der Waals surface area contributed by atoms with Gasteiger partial charge in [-0.05, 0) is 36.6 Å². The SMILES string of the molecule is CC1CCN(S(=O)(=O)c2ccc(Br)cc2)CC1N. The van der Waals surface area contributed by atoms with Gasteiger partial charge in [-0.2, -0.15) is 4.31 Å². The van der Waals surface area contributed by atoms with Crippen LogP contribution in [0.15, 0.2) is 33.6 Å². The number of halogens is 1. The van der Waals surface area contributed by atoms with Gasteiger partial charge in [0.25, 0.3) is 0 Å². The first-order valence-electron chi connectivity index (χ1n) is 5.92. The van der Waals surface area contributed by atoms with Crippen molar-refractivity contribution < 1.29 is 8.42 Å². The number of hydrogen-bond acceptors (Lipinski definition) is 3. The minimum Gasteiger partial charge on any atom is -0.326 e. The van der Waals surface area contributed by atoms with Gasteiger partial charge < -0.3 is 5.73 Å². The molecule has 2 rings (SSSR count). The van der Waals surface area contributed by atoms with Gasteiger partial charge >= 0.3 is 0 Å². The van der Waals surface area contributed by atoms with Gasteiger partial charge in [0.1, 0.15) is 0 Å². The molecule has 1 aromatic rings. The van der Waals surface area contributed by atoms with E-state index in [-0.39, 0.29) is 6.04 Å². The Labute approximate surface area is 116 Å². The average molecular weight is 333 g/mol. The van der Waals surface area contributed by atoms with E-state index in [9.17, 15) is 8.42 Å². The van der Waals surface area contributed by atoms with E-state index in [0.29, 0.717) is 23.9 Å². The monoisotopic (exact) mass is 332 g/mol. The molecule has 0 aliphatic carbocycles. The molecule has 0 spiro atoms. The van der Waals surface area contributed by atoms with Crippen LogP contribution < -0.4 is 5.73 Å². The topological polar surface area (TPSA) is 63.4 Å². The highest BCUT2D eigenvalue weighted by Gasteiger charge is 2.31. The molecular formula is C12H17BrN2O2S. The molecule has 0 bridgehead atoms. The lowest BCUT2D eigenvalue weighted by Crippen LogP contribution is -2.49. The van der Waals surface area contributed by atoms with Crippen molar-refractivity contribution in [2.75, 3.05) is 13.1 Å². The van der Waals surface area contributed by atoms with Gasteiger partial charge in [-0.1, -0.05) is 22.9 Å². The second-order valence-electron chi connectivity index (χ2n) is 4.75. The van der Waals surface area contributed by atoms with Crippen LogP contribution in [0.25, 0.3) is 0 Å². The lowest BCUT2D eigenvalue weighted by Gasteiger charge is -2.34. The summed E-state index contributed by atoms with van der Waals surface area (Å²) in [5.41, 5.74) is 5.95. The second-order valence-corrected chi connectivity index (χ2v) is 7.60. The van der Waals surface area contributed by atoms with E-state index in [1.54, 1.807) is 24.3 Å². The number of piperidine rings is 1. The summed E-state index contributed by atoms with van der Waals surface area (Å²) in [7, 11) is -3.40. The highest BCUT2D eigenvalue weighted by molar-refractivity contribution is 9.10. The van der Waals surface area contributed by atoms with E-state index in [0.717, 1.165) is 10.9 Å². The Bertz CT molecular complexity index is 515. The van der Waals surface area contributed by atoms with Crippen LogP contribution in [0, 0.1) is 5.92 Å².